The first kappa shape index (κ1) is 16.8. The summed E-state index contributed by atoms with van der Waals surface area (Å²) in [5.41, 5.74) is 0.801. The van der Waals surface area contributed by atoms with Crippen molar-refractivity contribution in [3.63, 3.8) is 0 Å². The topological polar surface area (TPSA) is 99.1 Å². The van der Waals surface area contributed by atoms with Gasteiger partial charge in [-0.2, -0.15) is 0 Å². The summed E-state index contributed by atoms with van der Waals surface area (Å²) >= 11 is 2.98. The third-order valence-electron chi connectivity index (χ3n) is 3.90. The maximum absolute atomic E-state index is 11.5. The van der Waals surface area contributed by atoms with Crippen molar-refractivity contribution in [2.75, 3.05) is 11.5 Å². The van der Waals surface area contributed by atoms with Gasteiger partial charge in [-0.25, -0.2) is 8.42 Å². The van der Waals surface area contributed by atoms with E-state index in [1.807, 2.05) is 23.6 Å². The number of aromatic nitrogens is 3. The molecule has 132 valence electrons. The van der Waals surface area contributed by atoms with Crippen LogP contribution in [0.4, 0.5) is 0 Å². The molecule has 4 rings (SSSR count). The molecular weight excluding hydrogens is 382 g/mol. The lowest BCUT2D eigenvalue weighted by Crippen LogP contribution is -2.07. The van der Waals surface area contributed by atoms with Gasteiger partial charge in [-0.05, 0) is 23.8 Å². The van der Waals surface area contributed by atoms with Crippen LogP contribution in [0, 0.1) is 5.92 Å². The summed E-state index contributed by atoms with van der Waals surface area (Å²) in [6.45, 7) is 0. The predicted molar refractivity (Wildman–Crippen MR) is 94.1 cm³/mol. The summed E-state index contributed by atoms with van der Waals surface area (Å²) in [5.74, 6) is 2.35. The summed E-state index contributed by atoms with van der Waals surface area (Å²) in [6, 6.07) is 5.85. The lowest BCUT2D eigenvalue weighted by molar-refractivity contribution is 0.389. The molecule has 1 aliphatic rings. The molecule has 0 bridgehead atoms. The highest BCUT2D eigenvalue weighted by atomic mass is 32.2. The first-order valence-corrected chi connectivity index (χ1v) is 11.4. The third kappa shape index (κ3) is 4.13. The van der Waals surface area contributed by atoms with E-state index < -0.39 is 9.84 Å². The number of sulfone groups is 1. The van der Waals surface area contributed by atoms with Gasteiger partial charge in [-0.1, -0.05) is 23.0 Å². The molecule has 3 aromatic rings. The zero-order valence-electron chi connectivity index (χ0n) is 13.1. The summed E-state index contributed by atoms with van der Waals surface area (Å²) in [7, 11) is -2.88. The fraction of sp³-hybridized carbons (Fsp3) is 0.400. The predicted octanol–water partition coefficient (Wildman–Crippen LogP) is 3.06. The molecule has 0 saturated carbocycles. The zero-order chi connectivity index (χ0) is 17.3. The van der Waals surface area contributed by atoms with Gasteiger partial charge in [-0.15, -0.1) is 21.5 Å². The highest BCUT2D eigenvalue weighted by Gasteiger charge is 2.29. The van der Waals surface area contributed by atoms with Gasteiger partial charge in [0.2, 0.25) is 5.89 Å². The van der Waals surface area contributed by atoms with Crippen LogP contribution in [0.25, 0.3) is 10.6 Å². The van der Waals surface area contributed by atoms with E-state index >= 15 is 0 Å². The maximum atomic E-state index is 11.5. The van der Waals surface area contributed by atoms with Crippen LogP contribution in [0.5, 0.6) is 0 Å². The van der Waals surface area contributed by atoms with E-state index in [0.717, 1.165) is 16.3 Å². The Morgan fingerprint density at radius 2 is 2.28 bits per heavy atom. The van der Waals surface area contributed by atoms with Crippen molar-refractivity contribution in [1.82, 2.24) is 15.4 Å². The summed E-state index contributed by atoms with van der Waals surface area (Å²) in [4.78, 5) is 1.04. The zero-order valence-corrected chi connectivity index (χ0v) is 15.6. The Morgan fingerprint density at radius 3 is 3.04 bits per heavy atom. The lowest BCUT2D eigenvalue weighted by Gasteiger charge is -2.01. The van der Waals surface area contributed by atoms with Crippen molar-refractivity contribution in [3.05, 3.63) is 35.2 Å². The largest absolute Gasteiger partial charge is 0.416 e. The van der Waals surface area contributed by atoms with E-state index in [1.165, 1.54) is 11.8 Å². The molecule has 0 amide bonds. The molecule has 7 nitrogen and oxygen atoms in total. The van der Waals surface area contributed by atoms with Crippen LogP contribution in [0.15, 0.2) is 37.7 Å². The minimum Gasteiger partial charge on any atom is -0.416 e. The van der Waals surface area contributed by atoms with Gasteiger partial charge in [0.15, 0.2) is 15.6 Å². The normalized spacial score (nSPS) is 19.4. The van der Waals surface area contributed by atoms with Crippen LogP contribution < -0.4 is 0 Å². The third-order valence-corrected chi connectivity index (χ3v) is 7.48. The van der Waals surface area contributed by atoms with Crippen molar-refractivity contribution in [2.45, 2.75) is 23.8 Å². The minimum atomic E-state index is -2.88. The van der Waals surface area contributed by atoms with Crippen LogP contribution in [0.1, 0.15) is 18.0 Å². The van der Waals surface area contributed by atoms with Gasteiger partial charge in [-0.3, -0.25) is 0 Å². The second kappa shape index (κ2) is 6.93. The van der Waals surface area contributed by atoms with Crippen molar-refractivity contribution in [3.8, 4) is 10.6 Å². The van der Waals surface area contributed by atoms with Gasteiger partial charge >= 0.3 is 0 Å². The number of thioether (sulfide) groups is 1. The first-order valence-electron chi connectivity index (χ1n) is 7.72. The molecular formula is C15H15N3O4S3. The van der Waals surface area contributed by atoms with E-state index in [9.17, 15) is 8.42 Å². The minimum absolute atomic E-state index is 0.0761. The Morgan fingerprint density at radius 1 is 1.36 bits per heavy atom. The van der Waals surface area contributed by atoms with Crippen LogP contribution in [0.2, 0.25) is 0 Å². The summed E-state index contributed by atoms with van der Waals surface area (Å²) in [5, 5.41) is 14.5. The van der Waals surface area contributed by atoms with Crippen LogP contribution in [-0.4, -0.2) is 35.3 Å². The number of nitrogens with zero attached hydrogens (tertiary/aromatic N) is 3. The highest BCUT2D eigenvalue weighted by molar-refractivity contribution is 7.98. The van der Waals surface area contributed by atoms with Crippen molar-refractivity contribution in [2.24, 2.45) is 5.92 Å². The molecule has 1 saturated heterocycles. The van der Waals surface area contributed by atoms with Gasteiger partial charge in [0.25, 0.3) is 5.22 Å². The number of thiophene rings is 1. The molecule has 1 unspecified atom stereocenters. The molecule has 1 atom stereocenters. The second-order valence-corrected chi connectivity index (χ2v) is 9.99. The monoisotopic (exact) mass is 397 g/mol. The molecule has 0 aromatic carbocycles. The van der Waals surface area contributed by atoms with Crippen LogP contribution in [-0.2, 0) is 22.0 Å². The maximum Gasteiger partial charge on any atom is 0.276 e. The molecule has 1 fully saturated rings. The van der Waals surface area contributed by atoms with E-state index in [2.05, 4.69) is 15.4 Å². The Labute approximate surface area is 152 Å². The number of rotatable bonds is 6. The van der Waals surface area contributed by atoms with E-state index in [0.29, 0.717) is 29.7 Å². The molecule has 3 aromatic heterocycles. The van der Waals surface area contributed by atoms with Crippen molar-refractivity contribution in [1.29, 1.82) is 0 Å². The van der Waals surface area contributed by atoms with Crippen molar-refractivity contribution >= 4 is 32.9 Å². The number of hydrogen-bond donors (Lipinski definition) is 0. The van der Waals surface area contributed by atoms with Crippen molar-refractivity contribution < 1.29 is 17.4 Å². The average Bonchev–Trinajstić information content (AvgIpc) is 3.32. The molecule has 25 heavy (non-hydrogen) atoms. The van der Waals surface area contributed by atoms with Crippen LogP contribution in [0.3, 0.4) is 0 Å². The molecule has 1 aliphatic heterocycles. The van der Waals surface area contributed by atoms with Gasteiger partial charge in [0.05, 0.1) is 22.1 Å². The summed E-state index contributed by atoms with van der Waals surface area (Å²) in [6.07, 6.45) is 1.18. The Hall–Kier alpha value is -1.65. The van der Waals surface area contributed by atoms with Crippen LogP contribution >= 0.6 is 23.1 Å². The van der Waals surface area contributed by atoms with Gasteiger partial charge < -0.3 is 8.94 Å². The Kier molecular flexibility index (Phi) is 4.65. The Balaban J connectivity index is 1.33. The molecule has 0 spiro atoms. The van der Waals surface area contributed by atoms with Gasteiger partial charge in [0, 0.05) is 18.2 Å². The first-order chi connectivity index (χ1) is 12.1. The lowest BCUT2D eigenvalue weighted by atomic mass is 10.1. The SMILES string of the molecule is O=S1(=O)CCC(Cc2nnc(SCc3cc(-c4cccs4)on3)o2)C1. The molecule has 10 heteroatoms. The molecule has 0 N–H and O–H groups in total. The smallest absolute Gasteiger partial charge is 0.276 e. The standard InChI is InChI=1S/C15H15N3O4S3/c19-25(20)5-3-10(9-25)6-14-16-17-15(21-14)24-8-11-7-12(22-18-11)13-2-1-4-23-13/h1-2,4,7,10H,3,5-6,8-9H2. The highest BCUT2D eigenvalue weighted by Crippen LogP contribution is 2.28. The molecule has 0 aliphatic carbocycles. The Bertz CT molecular complexity index is 947. The molecule has 4 heterocycles. The average molecular weight is 398 g/mol. The second-order valence-electron chi connectivity index (χ2n) is 5.88. The van der Waals surface area contributed by atoms with E-state index in [-0.39, 0.29) is 17.4 Å². The van der Waals surface area contributed by atoms with E-state index in [1.54, 1.807) is 11.3 Å². The molecule has 0 radical (unpaired) electrons. The number of hydrogen-bond acceptors (Lipinski definition) is 9. The fourth-order valence-corrected chi connectivity index (χ4v) is 5.91. The summed E-state index contributed by atoms with van der Waals surface area (Å²) < 4.78 is 33.9. The quantitative estimate of drug-likeness (QED) is 0.585. The van der Waals surface area contributed by atoms with E-state index in [4.69, 9.17) is 8.94 Å². The van der Waals surface area contributed by atoms with Gasteiger partial charge in [0.1, 0.15) is 0 Å². The fourth-order valence-electron chi connectivity index (χ4n) is 2.71.